The van der Waals surface area contributed by atoms with E-state index < -0.39 is 35.6 Å². The number of amides is 5. The Balaban J connectivity index is 1.35. The molecule has 3 heterocycles. The van der Waals surface area contributed by atoms with Crippen LogP contribution >= 0.6 is 0 Å². The minimum Gasteiger partial charge on any atom is -0.324 e. The number of fused-ring (bicyclic) bond motifs is 1. The standard InChI is InChI=1S/C20H18N6O5/c27-15-7-6-14(18(29)22-15)26-19(30)11-2-1-3-12(17(11)20(26)31)21-16(28)9-25-8-13(23-24-25)10-4-5-10/h1-3,8,10,14H,4-7,9H2,(H,21,28)(H,22,27,29). The van der Waals surface area contributed by atoms with Gasteiger partial charge in [-0.1, -0.05) is 11.3 Å². The Morgan fingerprint density at radius 3 is 2.68 bits per heavy atom. The van der Waals surface area contributed by atoms with E-state index in [1.165, 1.54) is 16.8 Å². The van der Waals surface area contributed by atoms with E-state index in [-0.39, 0.29) is 36.2 Å². The van der Waals surface area contributed by atoms with Crippen molar-refractivity contribution in [2.45, 2.75) is 44.2 Å². The first-order chi connectivity index (χ1) is 14.9. The minimum atomic E-state index is -1.07. The van der Waals surface area contributed by atoms with E-state index in [9.17, 15) is 24.0 Å². The van der Waals surface area contributed by atoms with Gasteiger partial charge in [-0.05, 0) is 31.4 Å². The number of nitrogens with zero attached hydrogens (tertiary/aromatic N) is 4. The maximum atomic E-state index is 13.0. The van der Waals surface area contributed by atoms with Crippen LogP contribution in [0.5, 0.6) is 0 Å². The third-order valence-corrected chi connectivity index (χ3v) is 5.60. The minimum absolute atomic E-state index is 0.0304. The van der Waals surface area contributed by atoms with Gasteiger partial charge in [-0.3, -0.25) is 34.2 Å². The van der Waals surface area contributed by atoms with E-state index in [0.717, 1.165) is 23.4 Å². The number of carbonyl (C=O) groups is 5. The average molecular weight is 422 g/mol. The molecule has 1 aliphatic carbocycles. The van der Waals surface area contributed by atoms with E-state index in [2.05, 4.69) is 20.9 Å². The molecule has 1 saturated heterocycles. The summed E-state index contributed by atoms with van der Waals surface area (Å²) in [5, 5.41) is 12.8. The van der Waals surface area contributed by atoms with Crippen molar-refractivity contribution < 1.29 is 24.0 Å². The number of carbonyl (C=O) groups excluding carboxylic acids is 5. The third-order valence-electron chi connectivity index (χ3n) is 5.60. The second kappa shape index (κ2) is 7.11. The first kappa shape index (κ1) is 19.1. The van der Waals surface area contributed by atoms with Gasteiger partial charge >= 0.3 is 0 Å². The topological polar surface area (TPSA) is 143 Å². The van der Waals surface area contributed by atoms with Crippen molar-refractivity contribution in [3.63, 3.8) is 0 Å². The number of hydrogen-bond donors (Lipinski definition) is 2. The van der Waals surface area contributed by atoms with Crippen LogP contribution in [0.15, 0.2) is 24.4 Å². The van der Waals surface area contributed by atoms with Gasteiger partial charge in [-0.15, -0.1) is 5.10 Å². The molecular weight excluding hydrogens is 404 g/mol. The highest BCUT2D eigenvalue weighted by molar-refractivity contribution is 6.26. The van der Waals surface area contributed by atoms with Crippen molar-refractivity contribution in [1.29, 1.82) is 0 Å². The lowest BCUT2D eigenvalue weighted by atomic mass is 10.0. The molecule has 1 aromatic heterocycles. The fraction of sp³-hybridized carbons (Fsp3) is 0.350. The monoisotopic (exact) mass is 422 g/mol. The Hall–Kier alpha value is -3.89. The van der Waals surface area contributed by atoms with Gasteiger partial charge in [-0.2, -0.15) is 0 Å². The van der Waals surface area contributed by atoms with Crippen LogP contribution in [0.3, 0.4) is 0 Å². The van der Waals surface area contributed by atoms with E-state index in [1.54, 1.807) is 12.3 Å². The van der Waals surface area contributed by atoms with E-state index in [1.807, 2.05) is 0 Å². The Bertz CT molecular complexity index is 1150. The first-order valence-corrected chi connectivity index (χ1v) is 9.97. The molecule has 3 aliphatic rings. The van der Waals surface area contributed by atoms with Crippen LogP contribution in [0.4, 0.5) is 5.69 Å². The maximum Gasteiger partial charge on any atom is 0.264 e. The van der Waals surface area contributed by atoms with Crippen LogP contribution in [0.2, 0.25) is 0 Å². The Morgan fingerprint density at radius 1 is 1.13 bits per heavy atom. The highest BCUT2D eigenvalue weighted by Gasteiger charge is 2.45. The van der Waals surface area contributed by atoms with Gasteiger partial charge in [0.15, 0.2) is 0 Å². The first-order valence-electron chi connectivity index (χ1n) is 9.97. The zero-order valence-electron chi connectivity index (χ0n) is 16.3. The molecule has 0 bridgehead atoms. The Labute approximate surface area is 175 Å². The highest BCUT2D eigenvalue weighted by atomic mass is 16.2. The van der Waals surface area contributed by atoms with Crippen molar-refractivity contribution in [3.05, 3.63) is 41.2 Å². The summed E-state index contributed by atoms with van der Waals surface area (Å²) in [7, 11) is 0. The summed E-state index contributed by atoms with van der Waals surface area (Å²) in [6.07, 6.45) is 3.97. The van der Waals surface area contributed by atoms with Gasteiger partial charge in [0.05, 0.1) is 22.5 Å². The van der Waals surface area contributed by atoms with Gasteiger partial charge in [0.2, 0.25) is 17.7 Å². The lowest BCUT2D eigenvalue weighted by molar-refractivity contribution is -0.136. The number of hydrogen-bond acceptors (Lipinski definition) is 7. The van der Waals surface area contributed by atoms with Gasteiger partial charge in [0.25, 0.3) is 11.8 Å². The van der Waals surface area contributed by atoms with Gasteiger partial charge in [0.1, 0.15) is 12.6 Å². The SMILES string of the molecule is O=C1CCC(N2C(=O)c3cccc(NC(=O)Cn4cc(C5CC5)nn4)c3C2=O)C(=O)N1. The molecule has 5 rings (SSSR count). The molecule has 2 fully saturated rings. The summed E-state index contributed by atoms with van der Waals surface area (Å²) in [6.45, 7) is -0.0949. The van der Waals surface area contributed by atoms with E-state index >= 15 is 0 Å². The molecule has 0 spiro atoms. The molecular formula is C20H18N6O5. The largest absolute Gasteiger partial charge is 0.324 e. The average Bonchev–Trinajstić information content (AvgIpc) is 3.42. The molecule has 0 radical (unpaired) electrons. The molecule has 1 atom stereocenters. The maximum absolute atomic E-state index is 13.0. The predicted octanol–water partition coefficient (Wildman–Crippen LogP) is 0.195. The number of benzene rings is 1. The van der Waals surface area contributed by atoms with Crippen molar-refractivity contribution in [2.75, 3.05) is 5.32 Å². The summed E-state index contributed by atoms with van der Waals surface area (Å²) in [6, 6.07) is 3.47. The van der Waals surface area contributed by atoms with Crippen LogP contribution in [-0.2, 0) is 20.9 Å². The molecule has 158 valence electrons. The molecule has 1 aromatic carbocycles. The van der Waals surface area contributed by atoms with Gasteiger partial charge in [0, 0.05) is 18.5 Å². The van der Waals surface area contributed by atoms with Crippen molar-refractivity contribution in [1.82, 2.24) is 25.2 Å². The number of piperidine rings is 1. The van der Waals surface area contributed by atoms with Crippen LogP contribution in [-0.4, -0.2) is 55.5 Å². The summed E-state index contributed by atoms with van der Waals surface area (Å²) in [5.74, 6) is -2.45. The molecule has 2 aromatic rings. The zero-order chi connectivity index (χ0) is 21.7. The van der Waals surface area contributed by atoms with Crippen LogP contribution in [0.1, 0.15) is 58.0 Å². The lowest BCUT2D eigenvalue weighted by Gasteiger charge is -2.27. The lowest BCUT2D eigenvalue weighted by Crippen LogP contribution is -2.54. The van der Waals surface area contributed by atoms with Crippen LogP contribution < -0.4 is 10.6 Å². The quantitative estimate of drug-likeness (QED) is 0.655. The molecule has 2 aliphatic heterocycles. The Kier molecular flexibility index (Phi) is 4.38. The van der Waals surface area contributed by atoms with Crippen LogP contribution in [0.25, 0.3) is 0 Å². The highest BCUT2D eigenvalue weighted by Crippen LogP contribution is 2.38. The summed E-state index contributed by atoms with van der Waals surface area (Å²) < 4.78 is 1.43. The molecule has 11 heteroatoms. The number of nitrogens with one attached hydrogen (secondary N) is 2. The normalized spacial score (nSPS) is 20.6. The summed E-state index contributed by atoms with van der Waals surface area (Å²) >= 11 is 0. The molecule has 2 N–H and O–H groups in total. The number of anilines is 1. The summed E-state index contributed by atoms with van der Waals surface area (Å²) in [5.41, 5.74) is 1.17. The van der Waals surface area contributed by atoms with Gasteiger partial charge < -0.3 is 5.32 Å². The zero-order valence-corrected chi connectivity index (χ0v) is 16.3. The fourth-order valence-electron chi connectivity index (χ4n) is 3.91. The van der Waals surface area contributed by atoms with Crippen molar-refractivity contribution in [2.24, 2.45) is 0 Å². The van der Waals surface area contributed by atoms with Gasteiger partial charge in [-0.25, -0.2) is 4.68 Å². The van der Waals surface area contributed by atoms with Crippen molar-refractivity contribution in [3.8, 4) is 0 Å². The Morgan fingerprint density at radius 2 is 1.94 bits per heavy atom. The number of aromatic nitrogens is 3. The third kappa shape index (κ3) is 3.37. The fourth-order valence-corrected chi connectivity index (χ4v) is 3.91. The van der Waals surface area contributed by atoms with Crippen LogP contribution in [0, 0.1) is 0 Å². The second-order valence-electron chi connectivity index (χ2n) is 7.84. The molecule has 1 unspecified atom stereocenters. The van der Waals surface area contributed by atoms with E-state index in [0.29, 0.717) is 5.92 Å². The second-order valence-corrected chi connectivity index (χ2v) is 7.84. The smallest absolute Gasteiger partial charge is 0.264 e. The number of imide groups is 2. The predicted molar refractivity (Wildman–Crippen MR) is 104 cm³/mol. The van der Waals surface area contributed by atoms with Crippen molar-refractivity contribution >= 4 is 35.2 Å². The molecule has 1 saturated carbocycles. The molecule has 31 heavy (non-hydrogen) atoms. The molecule has 11 nitrogen and oxygen atoms in total. The number of rotatable bonds is 5. The van der Waals surface area contributed by atoms with E-state index in [4.69, 9.17) is 0 Å². The molecule has 5 amide bonds. The summed E-state index contributed by atoms with van der Waals surface area (Å²) in [4.78, 5) is 62.9.